The monoisotopic (exact) mass is 977 g/mol. The van der Waals surface area contributed by atoms with E-state index in [9.17, 15) is 5.11 Å². The van der Waals surface area contributed by atoms with Crippen molar-refractivity contribution in [3.63, 3.8) is 0 Å². The van der Waals surface area contributed by atoms with Gasteiger partial charge in [0.2, 0.25) is 0 Å². The van der Waals surface area contributed by atoms with Crippen LogP contribution in [-0.4, -0.2) is 19.6 Å². The first-order chi connectivity index (χ1) is 28.6. The van der Waals surface area contributed by atoms with E-state index < -0.39 is 0 Å². The molecule has 4 nitrogen and oxygen atoms in total. The van der Waals surface area contributed by atoms with Gasteiger partial charge in [0.1, 0.15) is 11.6 Å². The van der Waals surface area contributed by atoms with Crippen molar-refractivity contribution in [2.75, 3.05) is 0 Å². The maximum atomic E-state index is 12.5. The van der Waals surface area contributed by atoms with Crippen molar-refractivity contribution in [2.45, 2.75) is 78.6 Å². The fraction of sp³-hybridized carbons (Fsp3) is 0.214. The zero-order valence-electron chi connectivity index (χ0n) is 36.5. The maximum Gasteiger partial charge on any atom is 0.148 e. The Balaban J connectivity index is 0.00000514. The molecule has 0 unspecified atom stereocenters. The molecule has 9 rings (SSSR count). The smallest absolute Gasteiger partial charge is 0.148 e. The summed E-state index contributed by atoms with van der Waals surface area (Å²) in [6.45, 7) is 20.0. The minimum absolute atomic E-state index is 0. The van der Waals surface area contributed by atoms with Gasteiger partial charge >= 0.3 is 0 Å². The number of imidazole rings is 1. The Hall–Kier alpha value is -5.83. The summed E-state index contributed by atoms with van der Waals surface area (Å²) < 4.78 is 2.28. The van der Waals surface area contributed by atoms with Crippen molar-refractivity contribution in [1.82, 2.24) is 14.5 Å². The molecule has 0 saturated carbocycles. The van der Waals surface area contributed by atoms with Crippen LogP contribution in [0.15, 0.2) is 146 Å². The SMILES string of the molecule is CC(C)(C)c1ccc(-n2c(-c3cc(C(C)(C)C)cc(C(C)(C)C)c3O)nc3c4c(ccc5ccc(-c6cc(-c7ccccc7)ccn6)[c-]c54)ccc32)c(-c2ccccc2)c1.[Pt]. The average molecular weight is 978 g/mol. The summed E-state index contributed by atoms with van der Waals surface area (Å²) in [5, 5.41) is 16.6. The molecule has 0 radical (unpaired) electrons. The van der Waals surface area contributed by atoms with Gasteiger partial charge in [-0.2, -0.15) is 0 Å². The largest absolute Gasteiger partial charge is 0.507 e. The van der Waals surface area contributed by atoms with Crippen LogP contribution in [0.4, 0.5) is 0 Å². The minimum Gasteiger partial charge on any atom is -0.507 e. The van der Waals surface area contributed by atoms with Gasteiger partial charge in [-0.3, -0.25) is 9.55 Å². The zero-order chi connectivity index (χ0) is 42.1. The third-order valence-electron chi connectivity index (χ3n) is 11.9. The van der Waals surface area contributed by atoms with E-state index in [2.05, 4.69) is 206 Å². The Morgan fingerprint density at radius 2 is 1.18 bits per heavy atom. The quantitative estimate of drug-likeness (QED) is 0.138. The molecule has 7 aromatic carbocycles. The molecule has 0 fully saturated rings. The number of hydrogen-bond donors (Lipinski definition) is 1. The molecule has 9 aromatic rings. The zero-order valence-corrected chi connectivity index (χ0v) is 38.7. The second kappa shape index (κ2) is 15.6. The van der Waals surface area contributed by atoms with Crippen molar-refractivity contribution in [3.05, 3.63) is 168 Å². The Bertz CT molecular complexity index is 3090. The normalized spacial score (nSPS) is 12.3. The van der Waals surface area contributed by atoms with E-state index >= 15 is 0 Å². The van der Waals surface area contributed by atoms with Gasteiger partial charge in [-0.15, -0.1) is 23.6 Å². The molecule has 0 bridgehead atoms. The summed E-state index contributed by atoms with van der Waals surface area (Å²) in [4.78, 5) is 10.5. The summed E-state index contributed by atoms with van der Waals surface area (Å²) in [6.07, 6.45) is 1.88. The topological polar surface area (TPSA) is 50.9 Å². The predicted molar refractivity (Wildman–Crippen MR) is 252 cm³/mol. The summed E-state index contributed by atoms with van der Waals surface area (Å²) >= 11 is 0. The van der Waals surface area contributed by atoms with Crippen LogP contribution in [0.5, 0.6) is 5.75 Å². The molecule has 0 aliphatic heterocycles. The van der Waals surface area contributed by atoms with Crippen molar-refractivity contribution in [2.24, 2.45) is 0 Å². The molecule has 1 N–H and O–H groups in total. The maximum absolute atomic E-state index is 12.5. The van der Waals surface area contributed by atoms with Crippen LogP contribution in [0.3, 0.4) is 0 Å². The number of pyridine rings is 1. The molecule has 0 aliphatic carbocycles. The van der Waals surface area contributed by atoms with E-state index in [0.29, 0.717) is 11.4 Å². The molecular weight excluding hydrogens is 926 g/mol. The van der Waals surface area contributed by atoms with Gasteiger partial charge in [-0.05, 0) is 85.2 Å². The van der Waals surface area contributed by atoms with Gasteiger partial charge < -0.3 is 5.11 Å². The Labute approximate surface area is 374 Å². The van der Waals surface area contributed by atoms with Gasteiger partial charge in [0.25, 0.3) is 0 Å². The molecule has 0 spiro atoms. The third kappa shape index (κ3) is 7.72. The number of aromatic nitrogens is 3. The van der Waals surface area contributed by atoms with Crippen LogP contribution in [0.2, 0.25) is 0 Å². The number of phenolic OH excluding ortho intramolecular Hbond substituents is 1. The van der Waals surface area contributed by atoms with Crippen LogP contribution < -0.4 is 0 Å². The van der Waals surface area contributed by atoms with Crippen molar-refractivity contribution >= 4 is 32.6 Å². The van der Waals surface area contributed by atoms with Crippen molar-refractivity contribution in [3.8, 4) is 56.3 Å². The van der Waals surface area contributed by atoms with E-state index in [1.165, 1.54) is 5.56 Å². The number of phenols is 1. The van der Waals surface area contributed by atoms with Crippen molar-refractivity contribution in [1.29, 1.82) is 0 Å². The summed E-state index contributed by atoms with van der Waals surface area (Å²) in [5.74, 6) is 0.949. The number of rotatable bonds is 5. The van der Waals surface area contributed by atoms with Gasteiger partial charge in [-0.25, -0.2) is 4.98 Å². The first-order valence-electron chi connectivity index (χ1n) is 21.0. The number of hydrogen-bond acceptors (Lipinski definition) is 3. The molecule has 0 aliphatic rings. The van der Waals surface area contributed by atoms with Crippen LogP contribution in [0, 0.1) is 6.07 Å². The second-order valence-electron chi connectivity index (χ2n) is 19.3. The molecule has 308 valence electrons. The van der Waals surface area contributed by atoms with E-state index in [1.54, 1.807) is 0 Å². The molecule has 2 heterocycles. The van der Waals surface area contributed by atoms with Crippen LogP contribution in [0.25, 0.3) is 83.2 Å². The van der Waals surface area contributed by atoms with E-state index in [4.69, 9.17) is 9.97 Å². The van der Waals surface area contributed by atoms with E-state index in [0.717, 1.165) is 82.9 Å². The van der Waals surface area contributed by atoms with Gasteiger partial charge in [0, 0.05) is 44.1 Å². The van der Waals surface area contributed by atoms with E-state index in [1.807, 2.05) is 12.3 Å². The van der Waals surface area contributed by atoms with Gasteiger partial charge in [0.05, 0.1) is 22.3 Å². The molecule has 61 heavy (non-hydrogen) atoms. The molecule has 0 atom stereocenters. The fourth-order valence-corrected chi connectivity index (χ4v) is 8.41. The summed E-state index contributed by atoms with van der Waals surface area (Å²) in [6, 6.07) is 53.3. The molecule has 0 amide bonds. The molecule has 0 saturated heterocycles. The molecule has 5 heteroatoms. The van der Waals surface area contributed by atoms with E-state index in [-0.39, 0.29) is 43.1 Å². The first-order valence-corrected chi connectivity index (χ1v) is 21.0. The van der Waals surface area contributed by atoms with Crippen LogP contribution in [-0.2, 0) is 37.3 Å². The minimum atomic E-state index is -0.319. The second-order valence-corrected chi connectivity index (χ2v) is 19.3. The number of aromatic hydroxyl groups is 1. The third-order valence-corrected chi connectivity index (χ3v) is 11.9. The van der Waals surface area contributed by atoms with Crippen molar-refractivity contribution < 1.29 is 26.2 Å². The van der Waals surface area contributed by atoms with Gasteiger partial charge in [0.15, 0.2) is 0 Å². The summed E-state index contributed by atoms with van der Waals surface area (Å²) in [7, 11) is 0. The Morgan fingerprint density at radius 1 is 0.557 bits per heavy atom. The number of benzene rings is 7. The number of fused-ring (bicyclic) bond motifs is 5. The Kier molecular flexibility index (Phi) is 10.7. The predicted octanol–water partition coefficient (Wildman–Crippen LogP) is 14.8. The number of nitrogens with zero attached hydrogens (tertiary/aromatic N) is 3. The first kappa shape index (κ1) is 41.9. The molecular formula is C56H52N3OPt-. The Morgan fingerprint density at radius 3 is 1.85 bits per heavy atom. The van der Waals surface area contributed by atoms with Gasteiger partial charge in [-0.1, -0.05) is 170 Å². The fourth-order valence-electron chi connectivity index (χ4n) is 8.41. The summed E-state index contributed by atoms with van der Waals surface area (Å²) in [5.41, 5.74) is 12.5. The standard InChI is InChI=1S/C56H52N3O.Pt/c1-54(2,3)41-25-27-48(43(32-41)36-18-14-11-15-19-36)59-49-26-24-38-22-20-37-21-23-40(47-31-39(28-29-57-47)35-16-12-10-13-17-35)30-44(37)50(38)51(49)58-53(59)45-33-42(55(4,5)6)34-46(52(45)60)56(7,8)9;/h10-29,31-34,60H,1-9H3;/q-1;. The average Bonchev–Trinajstić information content (AvgIpc) is 3.62. The van der Waals surface area contributed by atoms with Crippen LogP contribution >= 0.6 is 0 Å². The van der Waals surface area contributed by atoms with Crippen LogP contribution in [0.1, 0.15) is 79.0 Å². The molecule has 2 aromatic heterocycles.